The molecule has 0 N–H and O–H groups in total. The Hall–Kier alpha value is -1.35. The lowest BCUT2D eigenvalue weighted by atomic mass is 10.0. The lowest BCUT2D eigenvalue weighted by molar-refractivity contribution is 0.185. The molecule has 3 rings (SSSR count). The second-order valence-electron chi connectivity index (χ2n) is 4.13. The number of imidazole rings is 1. The van der Waals surface area contributed by atoms with Crippen LogP contribution in [0.1, 0.15) is 12.1 Å². The van der Waals surface area contributed by atoms with Crippen molar-refractivity contribution >= 4 is 5.65 Å². The van der Waals surface area contributed by atoms with Crippen LogP contribution in [0.4, 0.5) is 0 Å². The van der Waals surface area contributed by atoms with Gasteiger partial charge in [0, 0.05) is 25.6 Å². The highest BCUT2D eigenvalue weighted by Gasteiger charge is 2.17. The number of hydrogen-bond donors (Lipinski definition) is 0. The Morgan fingerprint density at radius 2 is 2.47 bits per heavy atom. The summed E-state index contributed by atoms with van der Waals surface area (Å²) in [6, 6.07) is 6.08. The molecule has 1 saturated heterocycles. The highest BCUT2D eigenvalue weighted by Crippen LogP contribution is 2.18. The van der Waals surface area contributed by atoms with Crippen molar-refractivity contribution in [1.82, 2.24) is 9.38 Å². The second-order valence-corrected chi connectivity index (χ2v) is 4.13. The molecule has 1 aliphatic heterocycles. The Labute approximate surface area is 88.7 Å². The average Bonchev–Trinajstić information content (AvgIpc) is 2.86. The molecule has 0 amide bonds. The maximum Gasteiger partial charge on any atom is 0.136 e. The van der Waals surface area contributed by atoms with Crippen LogP contribution >= 0.6 is 0 Å². The molecule has 2 aromatic heterocycles. The molecule has 15 heavy (non-hydrogen) atoms. The van der Waals surface area contributed by atoms with Crippen LogP contribution in [0.15, 0.2) is 30.6 Å². The van der Waals surface area contributed by atoms with E-state index in [0.29, 0.717) is 5.92 Å². The molecule has 1 atom stereocenters. The van der Waals surface area contributed by atoms with Crippen LogP contribution in [0.3, 0.4) is 0 Å². The predicted octanol–water partition coefficient (Wildman–Crippen LogP) is 1.91. The van der Waals surface area contributed by atoms with Gasteiger partial charge in [0.1, 0.15) is 5.65 Å². The average molecular weight is 202 g/mol. The predicted molar refractivity (Wildman–Crippen MR) is 57.8 cm³/mol. The van der Waals surface area contributed by atoms with Crippen molar-refractivity contribution in [3.8, 4) is 0 Å². The number of pyridine rings is 1. The first-order chi connectivity index (χ1) is 7.42. The Morgan fingerprint density at radius 3 is 3.27 bits per heavy atom. The van der Waals surface area contributed by atoms with E-state index >= 15 is 0 Å². The zero-order valence-electron chi connectivity index (χ0n) is 8.60. The van der Waals surface area contributed by atoms with Gasteiger partial charge in [-0.15, -0.1) is 0 Å². The fraction of sp³-hybridized carbons (Fsp3) is 0.417. The van der Waals surface area contributed by atoms with Gasteiger partial charge >= 0.3 is 0 Å². The first-order valence-corrected chi connectivity index (χ1v) is 5.42. The molecule has 3 heterocycles. The summed E-state index contributed by atoms with van der Waals surface area (Å²) < 4.78 is 7.44. The summed E-state index contributed by atoms with van der Waals surface area (Å²) in [5.74, 6) is 0.662. The molecule has 0 radical (unpaired) electrons. The molecule has 3 nitrogen and oxygen atoms in total. The lowest BCUT2D eigenvalue weighted by Crippen LogP contribution is -2.03. The molecule has 0 aromatic carbocycles. The van der Waals surface area contributed by atoms with Crippen LogP contribution < -0.4 is 0 Å². The normalized spacial score (nSPS) is 21.2. The molecule has 0 aliphatic carbocycles. The third kappa shape index (κ3) is 1.75. The third-order valence-electron chi connectivity index (χ3n) is 2.94. The number of rotatable bonds is 2. The van der Waals surface area contributed by atoms with E-state index in [1.165, 1.54) is 12.1 Å². The van der Waals surface area contributed by atoms with Crippen LogP contribution in [0.25, 0.3) is 5.65 Å². The minimum absolute atomic E-state index is 0.662. The van der Waals surface area contributed by atoms with Crippen LogP contribution in [0, 0.1) is 5.92 Å². The van der Waals surface area contributed by atoms with Crippen LogP contribution in [0.2, 0.25) is 0 Å². The van der Waals surface area contributed by atoms with Gasteiger partial charge in [-0.05, 0) is 30.9 Å². The van der Waals surface area contributed by atoms with E-state index in [0.717, 1.165) is 25.3 Å². The third-order valence-corrected chi connectivity index (χ3v) is 2.94. The Morgan fingerprint density at radius 1 is 1.47 bits per heavy atom. The summed E-state index contributed by atoms with van der Waals surface area (Å²) >= 11 is 0. The summed E-state index contributed by atoms with van der Waals surface area (Å²) in [6.45, 7) is 1.81. The van der Waals surface area contributed by atoms with Crippen molar-refractivity contribution in [1.29, 1.82) is 0 Å². The SMILES string of the molecule is c1ccn2cc(CC3CCOC3)nc2c1. The zero-order valence-corrected chi connectivity index (χ0v) is 8.60. The van der Waals surface area contributed by atoms with Crippen molar-refractivity contribution in [3.05, 3.63) is 36.3 Å². The van der Waals surface area contributed by atoms with Crippen LogP contribution in [-0.2, 0) is 11.2 Å². The molecular formula is C12H14N2O. The Balaban J connectivity index is 1.84. The van der Waals surface area contributed by atoms with Crippen molar-refractivity contribution < 1.29 is 4.74 Å². The number of nitrogens with zero attached hydrogens (tertiary/aromatic N) is 2. The van der Waals surface area contributed by atoms with Crippen LogP contribution in [-0.4, -0.2) is 22.6 Å². The molecule has 3 heteroatoms. The van der Waals surface area contributed by atoms with E-state index in [4.69, 9.17) is 4.74 Å². The molecule has 0 spiro atoms. The van der Waals surface area contributed by atoms with Gasteiger partial charge in [-0.25, -0.2) is 4.98 Å². The van der Waals surface area contributed by atoms with E-state index in [1.54, 1.807) is 0 Å². The van der Waals surface area contributed by atoms with E-state index < -0.39 is 0 Å². The Bertz CT molecular complexity index is 424. The highest BCUT2D eigenvalue weighted by atomic mass is 16.5. The monoisotopic (exact) mass is 202 g/mol. The summed E-state index contributed by atoms with van der Waals surface area (Å²) in [4.78, 5) is 4.58. The number of fused-ring (bicyclic) bond motifs is 1. The van der Waals surface area contributed by atoms with Gasteiger partial charge in [0.05, 0.1) is 5.69 Å². The fourth-order valence-corrected chi connectivity index (χ4v) is 2.13. The molecule has 0 saturated carbocycles. The van der Waals surface area contributed by atoms with Crippen LogP contribution in [0.5, 0.6) is 0 Å². The van der Waals surface area contributed by atoms with Gasteiger partial charge in [0.2, 0.25) is 0 Å². The standard InChI is InChI=1S/C12H14N2O/c1-2-5-14-8-11(13-12(14)3-1)7-10-4-6-15-9-10/h1-3,5,8,10H,4,6-7,9H2. The maximum atomic E-state index is 5.37. The number of hydrogen-bond acceptors (Lipinski definition) is 2. The minimum atomic E-state index is 0.662. The summed E-state index contributed by atoms with van der Waals surface area (Å²) in [6.07, 6.45) is 6.38. The second kappa shape index (κ2) is 3.66. The molecule has 1 unspecified atom stereocenters. The molecule has 1 fully saturated rings. The van der Waals surface area contributed by atoms with E-state index in [2.05, 4.69) is 15.6 Å². The quantitative estimate of drug-likeness (QED) is 0.743. The van der Waals surface area contributed by atoms with Crippen molar-refractivity contribution in [3.63, 3.8) is 0 Å². The highest BCUT2D eigenvalue weighted by molar-refractivity contribution is 5.39. The van der Waals surface area contributed by atoms with Crippen molar-refractivity contribution in [2.24, 2.45) is 5.92 Å². The molecule has 0 bridgehead atoms. The lowest BCUT2D eigenvalue weighted by Gasteiger charge is -2.02. The van der Waals surface area contributed by atoms with E-state index in [-0.39, 0.29) is 0 Å². The summed E-state index contributed by atoms with van der Waals surface area (Å²) in [7, 11) is 0. The topological polar surface area (TPSA) is 26.5 Å². The smallest absolute Gasteiger partial charge is 0.136 e. The number of aromatic nitrogens is 2. The minimum Gasteiger partial charge on any atom is -0.381 e. The molecule has 78 valence electrons. The zero-order chi connectivity index (χ0) is 10.1. The van der Waals surface area contributed by atoms with E-state index in [1.807, 2.05) is 24.4 Å². The van der Waals surface area contributed by atoms with Gasteiger partial charge < -0.3 is 9.14 Å². The molecule has 1 aliphatic rings. The van der Waals surface area contributed by atoms with Gasteiger partial charge in [0.25, 0.3) is 0 Å². The first kappa shape index (κ1) is 8.92. The molecule has 2 aromatic rings. The Kier molecular flexibility index (Phi) is 2.18. The van der Waals surface area contributed by atoms with E-state index in [9.17, 15) is 0 Å². The summed E-state index contributed by atoms with van der Waals surface area (Å²) in [5.41, 5.74) is 2.21. The maximum absolute atomic E-state index is 5.37. The van der Waals surface area contributed by atoms with Gasteiger partial charge in [-0.3, -0.25) is 0 Å². The van der Waals surface area contributed by atoms with Gasteiger partial charge in [-0.2, -0.15) is 0 Å². The van der Waals surface area contributed by atoms with Crippen molar-refractivity contribution in [2.75, 3.05) is 13.2 Å². The van der Waals surface area contributed by atoms with Gasteiger partial charge in [0.15, 0.2) is 0 Å². The number of ether oxygens (including phenoxy) is 1. The van der Waals surface area contributed by atoms with Crippen molar-refractivity contribution in [2.45, 2.75) is 12.8 Å². The largest absolute Gasteiger partial charge is 0.381 e. The summed E-state index contributed by atoms with van der Waals surface area (Å²) in [5, 5.41) is 0. The first-order valence-electron chi connectivity index (χ1n) is 5.42. The fourth-order valence-electron chi connectivity index (χ4n) is 2.13. The molecular weight excluding hydrogens is 188 g/mol. The van der Waals surface area contributed by atoms with Gasteiger partial charge in [-0.1, -0.05) is 6.07 Å².